The molecule has 6 nitrogen and oxygen atoms in total. The van der Waals surface area contributed by atoms with Crippen molar-refractivity contribution < 1.29 is 24.5 Å². The highest BCUT2D eigenvalue weighted by Gasteiger charge is 2.42. The first-order chi connectivity index (χ1) is 16.2. The van der Waals surface area contributed by atoms with Crippen molar-refractivity contribution in [2.24, 2.45) is 23.2 Å². The molecule has 1 aromatic heterocycles. The van der Waals surface area contributed by atoms with Crippen LogP contribution in [0.2, 0.25) is 0 Å². The summed E-state index contributed by atoms with van der Waals surface area (Å²) in [5.74, 6) is -1.59. The first kappa shape index (κ1) is 29.4. The monoisotopic (exact) mass is 505 g/mol. The van der Waals surface area contributed by atoms with Gasteiger partial charge in [0.2, 0.25) is 0 Å². The third kappa shape index (κ3) is 7.83. The minimum absolute atomic E-state index is 0.0514. The molecule has 0 aliphatic carbocycles. The predicted molar refractivity (Wildman–Crippen MR) is 141 cm³/mol. The molecule has 7 heteroatoms. The Labute approximate surface area is 214 Å². The number of aliphatic hydroxyl groups is 2. The van der Waals surface area contributed by atoms with Crippen molar-refractivity contribution in [3.8, 4) is 0 Å². The maximum Gasteiger partial charge on any atom is 0.309 e. The van der Waals surface area contributed by atoms with E-state index in [0.717, 1.165) is 35.5 Å². The molecule has 35 heavy (non-hydrogen) atoms. The molecule has 2 rings (SSSR count). The topological polar surface area (TPSA) is 96.7 Å². The lowest BCUT2D eigenvalue weighted by atomic mass is 9.73. The molecule has 1 aromatic rings. The molecule has 1 unspecified atom stereocenters. The fourth-order valence-corrected chi connectivity index (χ4v) is 5.44. The van der Waals surface area contributed by atoms with Gasteiger partial charge in [-0.2, -0.15) is 0 Å². The first-order valence-electron chi connectivity index (χ1n) is 12.6. The number of aromatic nitrogens is 1. The minimum Gasteiger partial charge on any atom is -0.457 e. The zero-order chi connectivity index (χ0) is 26.5. The van der Waals surface area contributed by atoms with Crippen molar-refractivity contribution >= 4 is 29.2 Å². The van der Waals surface area contributed by atoms with Crippen LogP contribution < -0.4 is 0 Å². The number of aliphatic hydroxyl groups excluding tert-OH is 2. The lowest BCUT2D eigenvalue weighted by molar-refractivity contribution is -0.155. The number of hydrogen-bond acceptors (Lipinski definition) is 7. The maximum absolute atomic E-state index is 13.2. The summed E-state index contributed by atoms with van der Waals surface area (Å²) in [6.07, 6.45) is 3.78. The maximum atomic E-state index is 13.2. The Hall–Kier alpha value is -1.83. The molecule has 2 N–H and O–H groups in total. The van der Waals surface area contributed by atoms with Crippen LogP contribution in [-0.2, 0) is 14.3 Å². The quantitative estimate of drug-likeness (QED) is 0.406. The minimum atomic E-state index is -1.22. The lowest BCUT2D eigenvalue weighted by Crippen LogP contribution is -2.45. The van der Waals surface area contributed by atoms with Crippen molar-refractivity contribution in [1.82, 2.24) is 4.98 Å². The highest BCUT2D eigenvalue weighted by Crippen LogP contribution is 2.33. The molecule has 0 aromatic carbocycles. The number of ketones is 1. The lowest BCUT2D eigenvalue weighted by Gasteiger charge is -2.34. The fraction of sp³-hybridized carbons (Fsp3) is 0.679. The highest BCUT2D eigenvalue weighted by molar-refractivity contribution is 7.09. The van der Waals surface area contributed by atoms with Gasteiger partial charge in [-0.05, 0) is 57.6 Å². The van der Waals surface area contributed by atoms with Gasteiger partial charge < -0.3 is 14.9 Å². The van der Waals surface area contributed by atoms with E-state index < -0.39 is 35.6 Å². The van der Waals surface area contributed by atoms with Gasteiger partial charge in [0.15, 0.2) is 0 Å². The van der Waals surface area contributed by atoms with E-state index in [0.29, 0.717) is 0 Å². The Bertz CT molecular complexity index is 947. The van der Waals surface area contributed by atoms with Crippen LogP contribution in [0.3, 0.4) is 0 Å². The van der Waals surface area contributed by atoms with Gasteiger partial charge in [0, 0.05) is 17.2 Å². The number of nitrogens with zero attached hydrogens (tertiary/aromatic N) is 1. The van der Waals surface area contributed by atoms with Crippen LogP contribution >= 0.6 is 11.3 Å². The van der Waals surface area contributed by atoms with E-state index in [9.17, 15) is 19.8 Å². The van der Waals surface area contributed by atoms with Crippen molar-refractivity contribution in [1.29, 1.82) is 0 Å². The number of esters is 1. The molecular weight excluding hydrogens is 462 g/mol. The second-order valence-corrected chi connectivity index (χ2v) is 12.0. The smallest absolute Gasteiger partial charge is 0.309 e. The first-order valence-corrected chi connectivity index (χ1v) is 13.5. The number of thiazole rings is 1. The third-order valence-electron chi connectivity index (χ3n) is 7.31. The molecular formula is C28H43NO5S. The molecule has 1 aliphatic heterocycles. The fourth-order valence-electron chi connectivity index (χ4n) is 4.87. The van der Waals surface area contributed by atoms with E-state index in [1.807, 2.05) is 39.2 Å². The number of rotatable bonds is 2. The summed E-state index contributed by atoms with van der Waals surface area (Å²) in [5, 5.41) is 24.6. The second kappa shape index (κ2) is 12.4. The summed E-state index contributed by atoms with van der Waals surface area (Å²) in [5.41, 5.74) is 1.69. The zero-order valence-corrected chi connectivity index (χ0v) is 23.3. The Morgan fingerprint density at radius 2 is 1.86 bits per heavy atom. The van der Waals surface area contributed by atoms with E-state index in [2.05, 4.69) is 18.0 Å². The van der Waals surface area contributed by atoms with Crippen LogP contribution in [0.25, 0.3) is 6.08 Å². The largest absolute Gasteiger partial charge is 0.457 e. The van der Waals surface area contributed by atoms with E-state index in [1.165, 1.54) is 5.57 Å². The Kier molecular flexibility index (Phi) is 10.4. The molecule has 0 spiro atoms. The summed E-state index contributed by atoms with van der Waals surface area (Å²) < 4.78 is 5.92. The number of hydrogen-bond donors (Lipinski definition) is 2. The van der Waals surface area contributed by atoms with Crippen molar-refractivity contribution in [2.75, 3.05) is 0 Å². The van der Waals surface area contributed by atoms with Crippen LogP contribution in [0.4, 0.5) is 0 Å². The molecule has 0 bridgehead atoms. The summed E-state index contributed by atoms with van der Waals surface area (Å²) in [6.45, 7) is 14.9. The van der Waals surface area contributed by atoms with Crippen LogP contribution in [0, 0.1) is 30.1 Å². The molecule has 0 radical (unpaired) electrons. The molecule has 6 atom stereocenters. The number of cyclic esters (lactones) is 1. The summed E-state index contributed by atoms with van der Waals surface area (Å²) in [6, 6.07) is 0. The van der Waals surface area contributed by atoms with Crippen LogP contribution in [0.15, 0.2) is 22.6 Å². The highest BCUT2D eigenvalue weighted by atomic mass is 32.1. The Balaban J connectivity index is 2.40. The summed E-state index contributed by atoms with van der Waals surface area (Å²) in [7, 11) is 0. The Morgan fingerprint density at radius 3 is 2.46 bits per heavy atom. The molecule has 196 valence electrons. The van der Waals surface area contributed by atoms with Gasteiger partial charge >= 0.3 is 5.97 Å². The van der Waals surface area contributed by atoms with Gasteiger partial charge in [-0.3, -0.25) is 9.59 Å². The third-order valence-corrected chi connectivity index (χ3v) is 8.10. The predicted octanol–water partition coefficient (Wildman–Crippen LogP) is 5.51. The standard InChI is InChI=1S/C28H43NO5S/c1-16-10-9-11-17(2)25(32)20(5)27(33)28(7,8)23(30)14-24(31)34-26(18(3)12-16)19(4)13-22-15-35-21(6)29-22/h12-13,15,17-18,20,23,25-26,30,32H,9-11,14H2,1-8H3/b16-12-,19-13+/t17-,18+,20+,23-,25?,26-/m0/s1. The Morgan fingerprint density at radius 1 is 1.20 bits per heavy atom. The van der Waals surface area contributed by atoms with Gasteiger partial charge in [-0.1, -0.05) is 46.3 Å². The average Bonchev–Trinajstić information content (AvgIpc) is 3.19. The van der Waals surface area contributed by atoms with Crippen molar-refractivity contribution in [3.05, 3.63) is 33.3 Å². The van der Waals surface area contributed by atoms with Crippen LogP contribution in [-0.4, -0.2) is 45.3 Å². The number of allylic oxidation sites excluding steroid dienone is 1. The molecule has 0 amide bonds. The van der Waals surface area contributed by atoms with E-state index in [4.69, 9.17) is 4.74 Å². The number of carbonyl (C=O) groups excluding carboxylic acids is 2. The molecule has 0 saturated heterocycles. The van der Waals surface area contributed by atoms with E-state index >= 15 is 0 Å². The van der Waals surface area contributed by atoms with Gasteiger partial charge in [-0.15, -0.1) is 11.3 Å². The van der Waals surface area contributed by atoms with Crippen LogP contribution in [0.5, 0.6) is 0 Å². The summed E-state index contributed by atoms with van der Waals surface area (Å²) in [4.78, 5) is 30.7. The van der Waals surface area contributed by atoms with Crippen molar-refractivity contribution in [3.63, 3.8) is 0 Å². The molecule has 1 aliphatic rings. The molecule has 2 heterocycles. The van der Waals surface area contributed by atoms with Gasteiger partial charge in [0.25, 0.3) is 0 Å². The number of aryl methyl sites for hydroxylation is 1. The zero-order valence-electron chi connectivity index (χ0n) is 22.5. The van der Waals surface area contributed by atoms with Gasteiger partial charge in [-0.25, -0.2) is 4.98 Å². The van der Waals surface area contributed by atoms with E-state index in [1.54, 1.807) is 32.1 Å². The SMILES string of the molecule is C/C1=C/[C@@H](C)[C@@H](/C(C)=C/c2csc(C)n2)OC(=O)C[C@H](O)C(C)(C)C(=O)[C@H](C)C(O)[C@@H](C)CCC1. The normalized spacial score (nSPS) is 33.7. The molecule has 0 saturated carbocycles. The van der Waals surface area contributed by atoms with Crippen LogP contribution in [0.1, 0.15) is 84.9 Å². The second-order valence-electron chi connectivity index (χ2n) is 10.9. The van der Waals surface area contributed by atoms with E-state index in [-0.39, 0.29) is 24.0 Å². The number of carbonyl (C=O) groups is 2. The average molecular weight is 506 g/mol. The summed E-state index contributed by atoms with van der Waals surface area (Å²) >= 11 is 1.56. The number of ether oxygens (including phenoxy) is 1. The number of Topliss-reactive ketones (excluding diaryl/α,β-unsaturated/α-hetero) is 1. The molecule has 0 fully saturated rings. The van der Waals surface area contributed by atoms with Gasteiger partial charge in [0.05, 0.1) is 34.7 Å². The van der Waals surface area contributed by atoms with Crippen molar-refractivity contribution in [2.45, 2.75) is 99.4 Å². The van der Waals surface area contributed by atoms with Gasteiger partial charge in [0.1, 0.15) is 11.9 Å².